The summed E-state index contributed by atoms with van der Waals surface area (Å²) in [6.07, 6.45) is 0.166. The van der Waals surface area contributed by atoms with Gasteiger partial charge in [-0.2, -0.15) is 8.78 Å². The minimum atomic E-state index is -3.11. The lowest BCUT2D eigenvalue weighted by molar-refractivity contribution is -0.0507. The van der Waals surface area contributed by atoms with E-state index in [1.165, 1.54) is 18.2 Å². The Labute approximate surface area is 194 Å². The number of carbonyl (C=O) groups excluding carboxylic acids is 1. The maximum absolute atomic E-state index is 13.4. The van der Waals surface area contributed by atoms with Crippen LogP contribution in [0, 0.1) is 17.8 Å². The second-order valence-electron chi connectivity index (χ2n) is 8.21. The van der Waals surface area contributed by atoms with Crippen LogP contribution in [0.5, 0.6) is 5.75 Å². The van der Waals surface area contributed by atoms with Crippen molar-refractivity contribution in [2.75, 3.05) is 20.7 Å². The number of hydrogen-bond acceptors (Lipinski definition) is 4. The molecule has 8 heteroatoms. The molecule has 33 heavy (non-hydrogen) atoms. The molecule has 3 heterocycles. The van der Waals surface area contributed by atoms with Crippen molar-refractivity contribution in [3.05, 3.63) is 58.9 Å². The number of hydrogen-bond donors (Lipinski definition) is 0. The molecular formula is C25H23F2N3O3. The molecule has 1 amide bonds. The number of nitrogens with zero attached hydrogens (tertiary/aromatic N) is 3. The quantitative estimate of drug-likeness (QED) is 0.549. The highest BCUT2D eigenvalue weighted by molar-refractivity contribution is 5.97. The number of carbonyl (C=O) groups is 1. The predicted molar refractivity (Wildman–Crippen MR) is 118 cm³/mol. The minimum absolute atomic E-state index is 0.0179. The third-order valence-corrected chi connectivity index (χ3v) is 6.03. The summed E-state index contributed by atoms with van der Waals surface area (Å²) in [6, 6.07) is 8.15. The molecule has 3 atom stereocenters. The lowest BCUT2D eigenvalue weighted by Gasteiger charge is -2.24. The number of imidazole rings is 1. The minimum Gasteiger partial charge on any atom is -0.434 e. The number of amides is 1. The highest BCUT2D eigenvalue weighted by Gasteiger charge is 2.44. The van der Waals surface area contributed by atoms with E-state index in [9.17, 15) is 13.6 Å². The average molecular weight is 454 g/mol. The Hall–Kier alpha value is -3.44. The lowest BCUT2D eigenvalue weighted by Crippen LogP contribution is -2.30. The van der Waals surface area contributed by atoms with E-state index in [0.29, 0.717) is 29.0 Å². The van der Waals surface area contributed by atoms with E-state index in [1.807, 2.05) is 23.6 Å². The van der Waals surface area contributed by atoms with E-state index < -0.39 is 31.6 Å². The molecule has 6 nitrogen and oxygen atoms in total. The number of benzene rings is 2. The highest BCUT2D eigenvalue weighted by atomic mass is 19.3. The van der Waals surface area contributed by atoms with Crippen molar-refractivity contribution >= 4 is 16.9 Å². The number of alkyl halides is 2. The molecular weight excluding hydrogens is 428 g/mol. The first-order valence-electron chi connectivity index (χ1n) is 12.0. The van der Waals surface area contributed by atoms with Crippen molar-refractivity contribution in [2.45, 2.75) is 32.0 Å². The van der Waals surface area contributed by atoms with Crippen molar-refractivity contribution < 1.29 is 27.2 Å². The molecule has 2 bridgehead atoms. The first kappa shape index (κ1) is 18.0. The molecule has 0 saturated heterocycles. The molecule has 2 aromatic carbocycles. The van der Waals surface area contributed by atoms with Crippen molar-refractivity contribution in [1.82, 2.24) is 14.5 Å². The SMILES string of the molecule is [2H]C([2H])([2H])N1C(=O)c2cccc(OC(F)F)c2[C@H]2C[C@@H]1c1nc3ccc(C#C[C@@H](C)COC)cc3n12. The Balaban J connectivity index is 1.73. The zero-order valence-corrected chi connectivity index (χ0v) is 18.0. The Morgan fingerprint density at radius 1 is 1.30 bits per heavy atom. The van der Waals surface area contributed by atoms with Gasteiger partial charge in [-0.1, -0.05) is 17.9 Å². The molecule has 0 radical (unpaired) electrons. The number of aromatic nitrogens is 2. The van der Waals surface area contributed by atoms with E-state index in [4.69, 9.17) is 13.6 Å². The summed E-state index contributed by atoms with van der Waals surface area (Å²) in [4.78, 5) is 18.9. The molecule has 2 aliphatic rings. The van der Waals surface area contributed by atoms with Gasteiger partial charge in [0.15, 0.2) is 0 Å². The molecule has 5 rings (SSSR count). The van der Waals surface area contributed by atoms with Crippen LogP contribution in [0.4, 0.5) is 8.78 Å². The van der Waals surface area contributed by atoms with Gasteiger partial charge in [-0.25, -0.2) is 4.98 Å². The van der Waals surface area contributed by atoms with E-state index >= 15 is 0 Å². The summed E-state index contributed by atoms with van der Waals surface area (Å²) >= 11 is 0. The molecule has 0 fully saturated rings. The number of rotatable bonds is 4. The van der Waals surface area contributed by atoms with Crippen LogP contribution in [-0.2, 0) is 4.74 Å². The van der Waals surface area contributed by atoms with Gasteiger partial charge in [0.2, 0.25) is 0 Å². The highest BCUT2D eigenvalue weighted by Crippen LogP contribution is 2.49. The summed E-state index contributed by atoms with van der Waals surface area (Å²) in [5, 5.41) is 0. The Morgan fingerprint density at radius 3 is 2.91 bits per heavy atom. The third-order valence-electron chi connectivity index (χ3n) is 6.03. The maximum Gasteiger partial charge on any atom is 0.387 e. The van der Waals surface area contributed by atoms with Crippen LogP contribution >= 0.6 is 0 Å². The van der Waals surface area contributed by atoms with Crippen molar-refractivity contribution in [1.29, 1.82) is 0 Å². The Morgan fingerprint density at radius 2 is 2.15 bits per heavy atom. The van der Waals surface area contributed by atoms with Gasteiger partial charge in [0.1, 0.15) is 11.6 Å². The van der Waals surface area contributed by atoms with Crippen LogP contribution in [0.25, 0.3) is 11.0 Å². The lowest BCUT2D eigenvalue weighted by atomic mass is 9.97. The van der Waals surface area contributed by atoms with Gasteiger partial charge in [0.05, 0.1) is 29.7 Å². The molecule has 3 aromatic rings. The van der Waals surface area contributed by atoms with Crippen LogP contribution in [0.15, 0.2) is 36.4 Å². The van der Waals surface area contributed by atoms with Gasteiger partial charge in [-0.05, 0) is 37.3 Å². The first-order chi connectivity index (χ1) is 17.1. The molecule has 2 aliphatic heterocycles. The van der Waals surface area contributed by atoms with Gasteiger partial charge in [-0.15, -0.1) is 0 Å². The summed E-state index contributed by atoms with van der Waals surface area (Å²) < 4.78 is 62.6. The monoisotopic (exact) mass is 454 g/mol. The fourth-order valence-electron chi connectivity index (χ4n) is 4.68. The first-order valence-corrected chi connectivity index (χ1v) is 10.5. The van der Waals surface area contributed by atoms with Crippen LogP contribution in [0.2, 0.25) is 0 Å². The van der Waals surface area contributed by atoms with E-state index in [2.05, 4.69) is 16.8 Å². The number of halogens is 2. The van der Waals surface area contributed by atoms with E-state index in [1.54, 1.807) is 13.2 Å². The van der Waals surface area contributed by atoms with Gasteiger partial charge in [0.25, 0.3) is 5.91 Å². The van der Waals surface area contributed by atoms with Crippen molar-refractivity contribution in [3.63, 3.8) is 0 Å². The molecule has 170 valence electrons. The van der Waals surface area contributed by atoms with Gasteiger partial charge in [0, 0.05) is 47.2 Å². The summed E-state index contributed by atoms with van der Waals surface area (Å²) in [6.45, 7) is -3.45. The second kappa shape index (κ2) is 8.16. The number of ether oxygens (including phenoxy) is 2. The number of methoxy groups -OCH3 is 1. The Bertz CT molecular complexity index is 1410. The van der Waals surface area contributed by atoms with E-state index in [0.717, 1.165) is 4.90 Å². The topological polar surface area (TPSA) is 56.6 Å². The third kappa shape index (κ3) is 3.53. The fourth-order valence-corrected chi connectivity index (χ4v) is 4.68. The van der Waals surface area contributed by atoms with Crippen LogP contribution < -0.4 is 4.74 Å². The number of fused-ring (bicyclic) bond motifs is 9. The Kier molecular flexibility index (Phi) is 4.46. The average Bonchev–Trinajstić information content (AvgIpc) is 3.29. The molecule has 0 unspecified atom stereocenters. The second-order valence-corrected chi connectivity index (χ2v) is 8.21. The zero-order valence-electron chi connectivity index (χ0n) is 21.0. The molecule has 0 spiro atoms. The summed E-state index contributed by atoms with van der Waals surface area (Å²) in [5.74, 6) is 5.72. The summed E-state index contributed by atoms with van der Waals surface area (Å²) in [5.41, 5.74) is 2.22. The molecule has 0 aliphatic carbocycles. The smallest absolute Gasteiger partial charge is 0.387 e. The normalized spacial score (nSPS) is 21.4. The molecule has 1 aromatic heterocycles. The standard InChI is InChI=1S/C25H23F2N3O3/c1-14(13-32-3)7-8-15-9-10-17-18(11-15)30-19-12-20(23(30)28-17)29(2)24(31)16-5-4-6-21(22(16)19)33-25(26)27/h4-6,9-11,14,19-20,25H,12-13H2,1-3H3/t14-,19-,20-/m1/s1/i2D3. The fraction of sp³-hybridized carbons (Fsp3) is 0.360. The van der Waals surface area contributed by atoms with Gasteiger partial charge in [-0.3, -0.25) is 4.79 Å². The van der Waals surface area contributed by atoms with Gasteiger partial charge < -0.3 is 18.9 Å². The maximum atomic E-state index is 13.4. The van der Waals surface area contributed by atoms with Crippen LogP contribution in [0.1, 0.15) is 56.8 Å². The molecule has 0 saturated carbocycles. The van der Waals surface area contributed by atoms with Crippen LogP contribution in [-0.4, -0.2) is 47.7 Å². The largest absolute Gasteiger partial charge is 0.434 e. The van der Waals surface area contributed by atoms with E-state index in [-0.39, 0.29) is 29.2 Å². The van der Waals surface area contributed by atoms with Crippen molar-refractivity contribution in [3.8, 4) is 17.6 Å². The zero-order chi connectivity index (χ0) is 25.8. The van der Waals surface area contributed by atoms with Gasteiger partial charge >= 0.3 is 6.61 Å². The van der Waals surface area contributed by atoms with Crippen molar-refractivity contribution in [2.24, 2.45) is 5.92 Å². The summed E-state index contributed by atoms with van der Waals surface area (Å²) in [7, 11) is 1.61. The predicted octanol–water partition coefficient (Wildman–Crippen LogP) is 4.39. The van der Waals surface area contributed by atoms with Crippen LogP contribution in [0.3, 0.4) is 0 Å². The molecule has 0 N–H and O–H groups in total.